The maximum atomic E-state index is 6.21. The molecule has 0 amide bonds. The highest BCUT2D eigenvalue weighted by atomic mass is 35.5. The number of hydrogen-bond acceptors (Lipinski definition) is 7. The van der Waals surface area contributed by atoms with E-state index in [1.165, 1.54) is 0 Å². The van der Waals surface area contributed by atoms with Gasteiger partial charge < -0.3 is 9.42 Å². The number of aromatic nitrogens is 4. The van der Waals surface area contributed by atoms with Crippen LogP contribution in [0.4, 0.5) is 5.95 Å². The van der Waals surface area contributed by atoms with Crippen LogP contribution in [-0.2, 0) is 13.0 Å². The summed E-state index contributed by atoms with van der Waals surface area (Å²) in [7, 11) is 0. The molecule has 1 saturated heterocycles. The smallest absolute Gasteiger partial charge is 0.240 e. The normalized spacial score (nSPS) is 15.7. The first-order valence-corrected chi connectivity index (χ1v) is 9.45. The lowest BCUT2D eigenvalue weighted by molar-refractivity contribution is 0.239. The lowest BCUT2D eigenvalue weighted by Gasteiger charge is -2.20. The summed E-state index contributed by atoms with van der Waals surface area (Å²) in [5.74, 6) is 2.09. The van der Waals surface area contributed by atoms with Crippen LogP contribution in [-0.4, -0.2) is 51.2 Å². The molecule has 0 unspecified atom stereocenters. The van der Waals surface area contributed by atoms with Crippen LogP contribution < -0.4 is 4.90 Å². The van der Waals surface area contributed by atoms with Crippen molar-refractivity contribution < 1.29 is 4.52 Å². The van der Waals surface area contributed by atoms with Gasteiger partial charge in [-0.15, -0.1) is 0 Å². The van der Waals surface area contributed by atoms with Crippen LogP contribution in [0.3, 0.4) is 0 Å². The summed E-state index contributed by atoms with van der Waals surface area (Å²) in [5, 5.41) is 4.82. The molecule has 1 aliphatic heterocycles. The lowest BCUT2D eigenvalue weighted by atomic mass is 10.1. The van der Waals surface area contributed by atoms with Crippen LogP contribution in [0, 0.1) is 0 Å². The summed E-state index contributed by atoms with van der Waals surface area (Å²) >= 11 is 6.21. The molecule has 2 aromatic heterocycles. The molecule has 0 bridgehead atoms. The van der Waals surface area contributed by atoms with E-state index in [4.69, 9.17) is 16.1 Å². The molecular weight excluding hydrogens is 364 g/mol. The molecule has 1 fully saturated rings. The third kappa shape index (κ3) is 4.61. The molecule has 4 rings (SSSR count). The molecule has 1 aliphatic rings. The van der Waals surface area contributed by atoms with E-state index in [9.17, 15) is 0 Å². The standard InChI is InChI=1S/C19H21ClN6O/c20-16-6-2-1-5-15(16)13-17-23-18(27-24-17)14-25-9-4-10-26(12-11-25)19-21-7-3-8-22-19/h1-3,5-8H,4,9-14H2. The first-order valence-electron chi connectivity index (χ1n) is 9.07. The van der Waals surface area contributed by atoms with Crippen LogP contribution in [0.5, 0.6) is 0 Å². The SMILES string of the molecule is Clc1ccccc1Cc1noc(CN2CCCN(c3ncccn3)CC2)n1. The van der Waals surface area contributed by atoms with Gasteiger partial charge in [0.05, 0.1) is 6.54 Å². The molecule has 3 aromatic rings. The monoisotopic (exact) mass is 384 g/mol. The quantitative estimate of drug-likeness (QED) is 0.669. The Morgan fingerprint density at radius 1 is 1.00 bits per heavy atom. The Labute approximate surface area is 163 Å². The van der Waals surface area contributed by atoms with Crippen LogP contribution in [0.2, 0.25) is 5.02 Å². The summed E-state index contributed by atoms with van der Waals surface area (Å²) in [4.78, 5) is 17.8. The molecule has 3 heterocycles. The maximum absolute atomic E-state index is 6.21. The Morgan fingerprint density at radius 2 is 1.85 bits per heavy atom. The van der Waals surface area contributed by atoms with Gasteiger partial charge in [0.1, 0.15) is 0 Å². The van der Waals surface area contributed by atoms with Crippen molar-refractivity contribution in [2.45, 2.75) is 19.4 Å². The molecule has 0 saturated carbocycles. The molecule has 0 aliphatic carbocycles. The third-order valence-electron chi connectivity index (χ3n) is 4.60. The first-order chi connectivity index (χ1) is 13.3. The van der Waals surface area contributed by atoms with E-state index in [1.807, 2.05) is 30.3 Å². The van der Waals surface area contributed by atoms with Gasteiger partial charge in [0, 0.05) is 50.0 Å². The minimum atomic E-state index is 0.572. The van der Waals surface area contributed by atoms with Crippen LogP contribution in [0.25, 0.3) is 0 Å². The molecule has 140 valence electrons. The Hall–Kier alpha value is -2.51. The maximum Gasteiger partial charge on any atom is 0.240 e. The predicted molar refractivity (Wildman–Crippen MR) is 103 cm³/mol. The Kier molecular flexibility index (Phi) is 5.60. The van der Waals surface area contributed by atoms with Crippen molar-refractivity contribution >= 4 is 17.5 Å². The van der Waals surface area contributed by atoms with Crippen molar-refractivity contribution in [1.82, 2.24) is 25.0 Å². The van der Waals surface area contributed by atoms with Gasteiger partial charge in [-0.2, -0.15) is 4.98 Å². The Morgan fingerprint density at radius 3 is 2.70 bits per heavy atom. The van der Waals surface area contributed by atoms with Crippen molar-refractivity contribution in [3.8, 4) is 0 Å². The number of nitrogens with zero attached hydrogens (tertiary/aromatic N) is 6. The van der Waals surface area contributed by atoms with E-state index in [-0.39, 0.29) is 0 Å². The topological polar surface area (TPSA) is 71.2 Å². The van der Waals surface area contributed by atoms with Gasteiger partial charge in [-0.1, -0.05) is 35.0 Å². The molecular formula is C19H21ClN6O. The average Bonchev–Trinajstić information content (AvgIpc) is 2.99. The molecule has 0 radical (unpaired) electrons. The second-order valence-electron chi connectivity index (χ2n) is 6.54. The first kappa shape index (κ1) is 17.9. The van der Waals surface area contributed by atoms with E-state index in [1.54, 1.807) is 12.4 Å². The fraction of sp³-hybridized carbons (Fsp3) is 0.368. The minimum Gasteiger partial charge on any atom is -0.339 e. The summed E-state index contributed by atoms with van der Waals surface area (Å²) in [6.07, 6.45) is 5.18. The van der Waals surface area contributed by atoms with Crippen molar-refractivity contribution in [3.05, 3.63) is 65.0 Å². The van der Waals surface area contributed by atoms with Gasteiger partial charge in [-0.25, -0.2) is 9.97 Å². The summed E-state index contributed by atoms with van der Waals surface area (Å²) in [6, 6.07) is 9.56. The number of halogens is 1. The van der Waals surface area contributed by atoms with Gasteiger partial charge in [0.25, 0.3) is 0 Å². The van der Waals surface area contributed by atoms with E-state index in [2.05, 4.69) is 29.9 Å². The van der Waals surface area contributed by atoms with Crippen LogP contribution >= 0.6 is 11.6 Å². The fourth-order valence-electron chi connectivity index (χ4n) is 3.21. The fourth-order valence-corrected chi connectivity index (χ4v) is 3.42. The zero-order valence-corrected chi connectivity index (χ0v) is 15.7. The highest BCUT2D eigenvalue weighted by Gasteiger charge is 2.19. The van der Waals surface area contributed by atoms with E-state index >= 15 is 0 Å². The number of anilines is 1. The van der Waals surface area contributed by atoms with Gasteiger partial charge >= 0.3 is 0 Å². The third-order valence-corrected chi connectivity index (χ3v) is 4.97. The second kappa shape index (κ2) is 8.45. The average molecular weight is 385 g/mol. The Bertz CT molecular complexity index is 871. The van der Waals surface area contributed by atoms with Gasteiger partial charge in [0.15, 0.2) is 5.82 Å². The summed E-state index contributed by atoms with van der Waals surface area (Å²) < 4.78 is 5.45. The molecule has 7 nitrogen and oxygen atoms in total. The van der Waals surface area contributed by atoms with Crippen molar-refractivity contribution in [2.24, 2.45) is 0 Å². The van der Waals surface area contributed by atoms with Gasteiger partial charge in [-0.05, 0) is 24.1 Å². The van der Waals surface area contributed by atoms with Crippen molar-refractivity contribution in [1.29, 1.82) is 0 Å². The highest BCUT2D eigenvalue weighted by molar-refractivity contribution is 6.31. The molecule has 0 spiro atoms. The van der Waals surface area contributed by atoms with Crippen molar-refractivity contribution in [3.63, 3.8) is 0 Å². The lowest BCUT2D eigenvalue weighted by Crippen LogP contribution is -2.31. The Balaban J connectivity index is 1.34. The van der Waals surface area contributed by atoms with Crippen LogP contribution in [0.15, 0.2) is 47.2 Å². The van der Waals surface area contributed by atoms with Crippen molar-refractivity contribution in [2.75, 3.05) is 31.1 Å². The minimum absolute atomic E-state index is 0.572. The van der Waals surface area contributed by atoms with Gasteiger partial charge in [0.2, 0.25) is 11.8 Å². The zero-order chi connectivity index (χ0) is 18.5. The summed E-state index contributed by atoms with van der Waals surface area (Å²) in [5.41, 5.74) is 1.000. The van der Waals surface area contributed by atoms with E-state index in [0.29, 0.717) is 24.7 Å². The molecule has 0 atom stereocenters. The van der Waals surface area contributed by atoms with Gasteiger partial charge in [-0.3, -0.25) is 4.90 Å². The second-order valence-corrected chi connectivity index (χ2v) is 6.95. The number of hydrogen-bond donors (Lipinski definition) is 0. The molecule has 27 heavy (non-hydrogen) atoms. The number of benzene rings is 1. The zero-order valence-electron chi connectivity index (χ0n) is 15.0. The largest absolute Gasteiger partial charge is 0.339 e. The molecule has 8 heteroatoms. The predicted octanol–water partition coefficient (Wildman–Crippen LogP) is 2.82. The van der Waals surface area contributed by atoms with E-state index in [0.717, 1.165) is 49.1 Å². The summed E-state index contributed by atoms with van der Waals surface area (Å²) in [6.45, 7) is 4.36. The highest BCUT2D eigenvalue weighted by Crippen LogP contribution is 2.18. The molecule has 1 aromatic carbocycles. The number of rotatable bonds is 5. The van der Waals surface area contributed by atoms with Crippen LogP contribution in [0.1, 0.15) is 23.7 Å². The molecule has 0 N–H and O–H groups in total. The van der Waals surface area contributed by atoms with E-state index < -0.39 is 0 Å².